The van der Waals surface area contributed by atoms with E-state index in [0.717, 1.165) is 30.6 Å². The summed E-state index contributed by atoms with van der Waals surface area (Å²) in [6.07, 6.45) is 5.24. The number of nitrogens with one attached hydrogen (secondary N) is 1. The van der Waals surface area contributed by atoms with E-state index in [1.54, 1.807) is 0 Å². The van der Waals surface area contributed by atoms with Crippen molar-refractivity contribution in [3.63, 3.8) is 0 Å². The summed E-state index contributed by atoms with van der Waals surface area (Å²) in [6.45, 7) is 11.0. The van der Waals surface area contributed by atoms with E-state index in [4.69, 9.17) is 0 Å². The molecule has 1 heterocycles. The highest BCUT2D eigenvalue weighted by molar-refractivity contribution is 5.10. The second-order valence-electron chi connectivity index (χ2n) is 6.14. The fraction of sp³-hybridized carbons (Fsp3) is 0.812. The van der Waals surface area contributed by atoms with E-state index in [1.807, 2.05) is 0 Å². The molecule has 1 aromatic heterocycles. The minimum atomic E-state index is 0.696. The van der Waals surface area contributed by atoms with Crippen molar-refractivity contribution < 1.29 is 0 Å². The lowest BCUT2D eigenvalue weighted by molar-refractivity contribution is 0.211. The van der Waals surface area contributed by atoms with Gasteiger partial charge >= 0.3 is 0 Å². The van der Waals surface area contributed by atoms with Crippen molar-refractivity contribution in [2.75, 3.05) is 6.54 Å². The van der Waals surface area contributed by atoms with Gasteiger partial charge in [0.05, 0.1) is 5.69 Å². The van der Waals surface area contributed by atoms with Gasteiger partial charge in [0, 0.05) is 18.3 Å². The highest BCUT2D eigenvalue weighted by Gasteiger charge is 2.28. The van der Waals surface area contributed by atoms with Crippen molar-refractivity contribution >= 4 is 0 Å². The molecule has 3 unspecified atom stereocenters. The Morgan fingerprint density at radius 3 is 2.84 bits per heavy atom. The molecule has 19 heavy (non-hydrogen) atoms. The monoisotopic (exact) mass is 263 g/mol. The molecular formula is C16H29N3. The van der Waals surface area contributed by atoms with E-state index >= 15 is 0 Å². The molecule has 0 spiro atoms. The molecule has 0 radical (unpaired) electrons. The molecule has 0 saturated heterocycles. The van der Waals surface area contributed by atoms with Crippen LogP contribution in [0.15, 0.2) is 6.07 Å². The van der Waals surface area contributed by atoms with Gasteiger partial charge in [-0.05, 0) is 64.0 Å². The average molecular weight is 263 g/mol. The van der Waals surface area contributed by atoms with Crippen molar-refractivity contribution in [2.45, 2.75) is 66.0 Å². The van der Waals surface area contributed by atoms with E-state index < -0.39 is 0 Å². The molecule has 1 saturated carbocycles. The Balaban J connectivity index is 2.09. The summed E-state index contributed by atoms with van der Waals surface area (Å²) in [7, 11) is 0. The van der Waals surface area contributed by atoms with Crippen LogP contribution < -0.4 is 5.32 Å². The largest absolute Gasteiger partial charge is 0.314 e. The SMILES string of the molecule is CCNC1CCC(C)CC1Cc1cc(C)nn1CC. The van der Waals surface area contributed by atoms with Gasteiger partial charge in [0.15, 0.2) is 0 Å². The van der Waals surface area contributed by atoms with E-state index in [-0.39, 0.29) is 0 Å². The van der Waals surface area contributed by atoms with Gasteiger partial charge in [0.2, 0.25) is 0 Å². The Morgan fingerprint density at radius 1 is 1.37 bits per heavy atom. The molecule has 3 nitrogen and oxygen atoms in total. The van der Waals surface area contributed by atoms with Crippen LogP contribution in [-0.2, 0) is 13.0 Å². The summed E-state index contributed by atoms with van der Waals surface area (Å²) in [5.74, 6) is 1.64. The highest BCUT2D eigenvalue weighted by atomic mass is 15.3. The van der Waals surface area contributed by atoms with Crippen molar-refractivity contribution in [1.82, 2.24) is 15.1 Å². The molecule has 1 fully saturated rings. The summed E-state index contributed by atoms with van der Waals surface area (Å²) in [4.78, 5) is 0. The van der Waals surface area contributed by atoms with Crippen LogP contribution in [-0.4, -0.2) is 22.4 Å². The fourth-order valence-electron chi connectivity index (χ4n) is 3.56. The van der Waals surface area contributed by atoms with Crippen LogP contribution in [0, 0.1) is 18.8 Å². The van der Waals surface area contributed by atoms with Gasteiger partial charge in [0.25, 0.3) is 0 Å². The van der Waals surface area contributed by atoms with Gasteiger partial charge < -0.3 is 5.32 Å². The number of rotatable bonds is 5. The van der Waals surface area contributed by atoms with Crippen LogP contribution >= 0.6 is 0 Å². The lowest BCUT2D eigenvalue weighted by atomic mass is 9.76. The zero-order valence-electron chi connectivity index (χ0n) is 12.9. The lowest BCUT2D eigenvalue weighted by Gasteiger charge is -2.35. The number of hydrogen-bond acceptors (Lipinski definition) is 2. The lowest BCUT2D eigenvalue weighted by Crippen LogP contribution is -2.41. The predicted molar refractivity (Wildman–Crippen MR) is 80.3 cm³/mol. The topological polar surface area (TPSA) is 29.9 Å². The first kappa shape index (κ1) is 14.6. The van der Waals surface area contributed by atoms with Crippen LogP contribution in [0.25, 0.3) is 0 Å². The Morgan fingerprint density at radius 2 is 2.16 bits per heavy atom. The second-order valence-corrected chi connectivity index (χ2v) is 6.14. The molecule has 0 amide bonds. The van der Waals surface area contributed by atoms with Crippen LogP contribution in [0.1, 0.15) is 51.4 Å². The number of aryl methyl sites for hydroxylation is 2. The highest BCUT2D eigenvalue weighted by Crippen LogP contribution is 2.31. The molecule has 1 aromatic rings. The minimum Gasteiger partial charge on any atom is -0.314 e. The summed E-state index contributed by atoms with van der Waals surface area (Å²) >= 11 is 0. The standard InChI is InChI=1S/C16H29N3/c1-5-17-16-8-7-12(3)9-14(16)11-15-10-13(4)18-19(15)6-2/h10,12,14,16-17H,5-9,11H2,1-4H3. The molecule has 108 valence electrons. The van der Waals surface area contributed by atoms with Crippen molar-refractivity contribution in [3.05, 3.63) is 17.5 Å². The first-order valence-corrected chi connectivity index (χ1v) is 7.90. The second kappa shape index (κ2) is 6.56. The quantitative estimate of drug-likeness (QED) is 0.884. The van der Waals surface area contributed by atoms with Crippen LogP contribution in [0.2, 0.25) is 0 Å². The average Bonchev–Trinajstić information content (AvgIpc) is 2.73. The van der Waals surface area contributed by atoms with Crippen molar-refractivity contribution in [3.8, 4) is 0 Å². The Hall–Kier alpha value is -0.830. The Kier molecular flexibility index (Phi) is 5.03. The van der Waals surface area contributed by atoms with E-state index in [1.165, 1.54) is 31.4 Å². The van der Waals surface area contributed by atoms with Gasteiger partial charge in [-0.2, -0.15) is 5.10 Å². The Labute approximate surface area is 117 Å². The van der Waals surface area contributed by atoms with Gasteiger partial charge in [0.1, 0.15) is 0 Å². The smallest absolute Gasteiger partial charge is 0.0596 e. The van der Waals surface area contributed by atoms with E-state index in [9.17, 15) is 0 Å². The normalized spacial score (nSPS) is 27.7. The van der Waals surface area contributed by atoms with Crippen LogP contribution in [0.3, 0.4) is 0 Å². The predicted octanol–water partition coefficient (Wildman–Crippen LogP) is 3.17. The zero-order valence-corrected chi connectivity index (χ0v) is 12.9. The third-order valence-corrected chi connectivity index (χ3v) is 4.47. The van der Waals surface area contributed by atoms with Crippen LogP contribution in [0.5, 0.6) is 0 Å². The van der Waals surface area contributed by atoms with Gasteiger partial charge in [-0.25, -0.2) is 0 Å². The third kappa shape index (κ3) is 3.59. The number of nitrogens with zero attached hydrogens (tertiary/aromatic N) is 2. The minimum absolute atomic E-state index is 0.696. The maximum Gasteiger partial charge on any atom is 0.0596 e. The zero-order chi connectivity index (χ0) is 13.8. The summed E-state index contributed by atoms with van der Waals surface area (Å²) in [5.41, 5.74) is 2.57. The molecule has 1 N–H and O–H groups in total. The molecular weight excluding hydrogens is 234 g/mol. The fourth-order valence-corrected chi connectivity index (χ4v) is 3.56. The number of aromatic nitrogens is 2. The molecule has 0 bridgehead atoms. The van der Waals surface area contributed by atoms with Gasteiger partial charge in [-0.3, -0.25) is 4.68 Å². The van der Waals surface area contributed by atoms with Crippen LogP contribution in [0.4, 0.5) is 0 Å². The van der Waals surface area contributed by atoms with Gasteiger partial charge in [-0.15, -0.1) is 0 Å². The molecule has 0 aliphatic heterocycles. The summed E-state index contributed by atoms with van der Waals surface area (Å²) in [6, 6.07) is 2.97. The third-order valence-electron chi connectivity index (χ3n) is 4.47. The first-order chi connectivity index (χ1) is 9.13. The van der Waals surface area contributed by atoms with E-state index in [0.29, 0.717) is 6.04 Å². The summed E-state index contributed by atoms with van der Waals surface area (Å²) < 4.78 is 2.18. The number of hydrogen-bond donors (Lipinski definition) is 1. The molecule has 2 rings (SSSR count). The molecule has 3 atom stereocenters. The molecule has 1 aliphatic rings. The maximum atomic E-state index is 4.58. The molecule has 1 aliphatic carbocycles. The van der Waals surface area contributed by atoms with E-state index in [2.05, 4.69) is 48.9 Å². The van der Waals surface area contributed by atoms with Crippen molar-refractivity contribution in [1.29, 1.82) is 0 Å². The molecule has 3 heteroatoms. The Bertz CT molecular complexity index is 397. The summed E-state index contributed by atoms with van der Waals surface area (Å²) in [5, 5.41) is 8.27. The maximum absolute atomic E-state index is 4.58. The first-order valence-electron chi connectivity index (χ1n) is 7.90. The van der Waals surface area contributed by atoms with Crippen molar-refractivity contribution in [2.24, 2.45) is 11.8 Å². The molecule has 0 aromatic carbocycles. The van der Waals surface area contributed by atoms with Gasteiger partial charge in [-0.1, -0.05) is 13.8 Å².